The third-order valence-electron chi connectivity index (χ3n) is 1.70. The molecule has 1 aromatic rings. The Hall–Kier alpha value is -0.780. The number of carbonyl (C=O) groups excluding carboxylic acids is 2. The van der Waals surface area contributed by atoms with E-state index in [1.165, 1.54) is 6.92 Å². The van der Waals surface area contributed by atoms with E-state index in [1.54, 1.807) is 18.2 Å². The molecule has 0 fully saturated rings. The number of hydrogen-bond acceptors (Lipinski definition) is 5. The van der Waals surface area contributed by atoms with Crippen LogP contribution in [-0.2, 0) is 4.79 Å². The van der Waals surface area contributed by atoms with Crippen LogP contribution in [0.25, 0.3) is 0 Å². The molecule has 0 atom stereocenters. The molecule has 0 radical (unpaired) electrons. The lowest BCUT2D eigenvalue weighted by molar-refractivity contribution is -0.109. The molecule has 0 aliphatic rings. The van der Waals surface area contributed by atoms with Crippen molar-refractivity contribution in [2.45, 2.75) is 11.8 Å². The number of carbonyl (C=O) groups is 2. The van der Waals surface area contributed by atoms with E-state index in [2.05, 4.69) is 0 Å². The Balaban J connectivity index is 2.69. The minimum atomic E-state index is -0.0499. The van der Waals surface area contributed by atoms with Gasteiger partial charge in [0, 0.05) is 17.4 Å². The van der Waals surface area contributed by atoms with Crippen molar-refractivity contribution in [3.63, 3.8) is 0 Å². The fourth-order valence-corrected chi connectivity index (χ4v) is 1.85. The highest BCUT2D eigenvalue weighted by Gasteiger charge is 2.07. The molecule has 0 bridgehead atoms. The first-order chi connectivity index (χ1) is 7.13. The molecule has 5 heteroatoms. The Labute approximate surface area is 96.9 Å². The summed E-state index contributed by atoms with van der Waals surface area (Å²) in [6, 6.07) is 7.07. The van der Waals surface area contributed by atoms with E-state index < -0.39 is 0 Å². The normalized spacial score (nSPS) is 10.0. The molecule has 0 aliphatic carbocycles. The summed E-state index contributed by atoms with van der Waals surface area (Å²) in [5, 5.41) is 5.34. The summed E-state index contributed by atoms with van der Waals surface area (Å²) in [6.45, 7) is 1.45. The zero-order valence-electron chi connectivity index (χ0n) is 8.23. The monoisotopic (exact) mass is 241 g/mol. The predicted molar refractivity (Wildman–Crippen MR) is 64.0 cm³/mol. The Kier molecular flexibility index (Phi) is 4.87. The largest absolute Gasteiger partial charge is 0.293 e. The summed E-state index contributed by atoms with van der Waals surface area (Å²) in [4.78, 5) is 23.1. The molecule has 3 nitrogen and oxygen atoms in total. The number of Topliss-reactive ketones (excluding diaryl/α,β-unsaturated/α-hetero) is 1. The van der Waals surface area contributed by atoms with E-state index in [0.717, 1.165) is 28.6 Å². The van der Waals surface area contributed by atoms with Crippen molar-refractivity contribution in [2.75, 3.05) is 5.75 Å². The van der Waals surface area contributed by atoms with Gasteiger partial charge in [-0.25, -0.2) is 0 Å². The maximum Gasteiger partial charge on any atom is 0.186 e. The quantitative estimate of drug-likeness (QED) is 0.646. The SMILES string of the molecule is CC(=O)SCC(=O)c1cccc(SN)c1. The highest BCUT2D eigenvalue weighted by Crippen LogP contribution is 2.15. The molecule has 80 valence electrons. The Morgan fingerprint density at radius 2 is 2.13 bits per heavy atom. The maximum absolute atomic E-state index is 11.6. The average molecular weight is 241 g/mol. The lowest BCUT2D eigenvalue weighted by atomic mass is 10.1. The summed E-state index contributed by atoms with van der Waals surface area (Å²) in [5.74, 6) is 0.139. The zero-order chi connectivity index (χ0) is 11.3. The second-order valence-corrected chi connectivity index (χ2v) is 4.71. The summed E-state index contributed by atoms with van der Waals surface area (Å²) in [7, 11) is 0. The Morgan fingerprint density at radius 3 is 2.73 bits per heavy atom. The molecule has 0 spiro atoms. The first kappa shape index (κ1) is 12.3. The number of rotatable bonds is 4. The van der Waals surface area contributed by atoms with Crippen LogP contribution in [0.15, 0.2) is 29.2 Å². The second kappa shape index (κ2) is 5.95. The van der Waals surface area contributed by atoms with Crippen LogP contribution in [0.2, 0.25) is 0 Å². The molecule has 2 N–H and O–H groups in total. The highest BCUT2D eigenvalue weighted by atomic mass is 32.2. The minimum Gasteiger partial charge on any atom is -0.293 e. The van der Waals surface area contributed by atoms with E-state index in [9.17, 15) is 9.59 Å². The molecule has 0 unspecified atom stereocenters. The molecule has 0 aliphatic heterocycles. The smallest absolute Gasteiger partial charge is 0.186 e. The lowest BCUT2D eigenvalue weighted by Gasteiger charge is -2.01. The molecule has 1 rings (SSSR count). The van der Waals surface area contributed by atoms with Crippen LogP contribution in [0.4, 0.5) is 0 Å². The Morgan fingerprint density at radius 1 is 1.40 bits per heavy atom. The predicted octanol–water partition coefficient (Wildman–Crippen LogP) is 2.11. The molecule has 0 amide bonds. The van der Waals surface area contributed by atoms with E-state index in [-0.39, 0.29) is 16.7 Å². The van der Waals surface area contributed by atoms with Gasteiger partial charge < -0.3 is 0 Å². The second-order valence-electron chi connectivity index (χ2n) is 2.85. The van der Waals surface area contributed by atoms with Gasteiger partial charge in [-0.1, -0.05) is 23.9 Å². The van der Waals surface area contributed by atoms with E-state index in [0.29, 0.717) is 5.56 Å². The van der Waals surface area contributed by atoms with Crippen molar-refractivity contribution in [1.29, 1.82) is 0 Å². The maximum atomic E-state index is 11.6. The van der Waals surface area contributed by atoms with E-state index in [4.69, 9.17) is 5.14 Å². The van der Waals surface area contributed by atoms with Crippen molar-refractivity contribution < 1.29 is 9.59 Å². The van der Waals surface area contributed by atoms with Crippen molar-refractivity contribution in [2.24, 2.45) is 5.14 Å². The van der Waals surface area contributed by atoms with Crippen LogP contribution in [-0.4, -0.2) is 16.7 Å². The summed E-state index contributed by atoms with van der Waals surface area (Å²) in [5.41, 5.74) is 0.596. The highest BCUT2D eigenvalue weighted by molar-refractivity contribution is 8.14. The molecule has 0 saturated heterocycles. The Bertz CT molecular complexity index is 379. The molecule has 1 aromatic carbocycles. The third-order valence-corrected chi connectivity index (χ3v) is 3.04. The van der Waals surface area contributed by atoms with Gasteiger partial charge in [0.05, 0.1) is 5.75 Å². The molecular formula is C10H11NO2S2. The number of thioether (sulfide) groups is 1. The van der Waals surface area contributed by atoms with Crippen LogP contribution in [0, 0.1) is 0 Å². The number of nitrogens with two attached hydrogens (primary N) is 1. The van der Waals surface area contributed by atoms with Crippen LogP contribution < -0.4 is 5.14 Å². The average Bonchev–Trinajstić information content (AvgIpc) is 2.26. The van der Waals surface area contributed by atoms with Crippen LogP contribution in [0.1, 0.15) is 17.3 Å². The number of ketones is 1. The van der Waals surface area contributed by atoms with Crippen molar-refractivity contribution in [3.05, 3.63) is 29.8 Å². The van der Waals surface area contributed by atoms with Gasteiger partial charge in [-0.2, -0.15) is 0 Å². The first-order valence-corrected chi connectivity index (χ1v) is 6.13. The van der Waals surface area contributed by atoms with Crippen molar-refractivity contribution in [1.82, 2.24) is 0 Å². The standard InChI is InChI=1S/C10H11NO2S2/c1-7(12)14-6-10(13)8-3-2-4-9(5-8)15-11/h2-5H,6,11H2,1H3. The topological polar surface area (TPSA) is 60.2 Å². The summed E-state index contributed by atoms with van der Waals surface area (Å²) in [6.07, 6.45) is 0. The number of hydrogen-bond donors (Lipinski definition) is 1. The molecule has 0 heterocycles. The van der Waals surface area contributed by atoms with Crippen molar-refractivity contribution >= 4 is 34.6 Å². The lowest BCUT2D eigenvalue weighted by Crippen LogP contribution is -2.04. The number of benzene rings is 1. The molecule has 0 aromatic heterocycles. The summed E-state index contributed by atoms with van der Waals surface area (Å²) >= 11 is 2.12. The van der Waals surface area contributed by atoms with Gasteiger partial charge in [-0.3, -0.25) is 14.7 Å². The van der Waals surface area contributed by atoms with E-state index in [1.807, 2.05) is 6.07 Å². The van der Waals surface area contributed by atoms with Crippen LogP contribution in [0.5, 0.6) is 0 Å². The molecule has 0 saturated carbocycles. The van der Waals surface area contributed by atoms with Gasteiger partial charge in [0.25, 0.3) is 0 Å². The van der Waals surface area contributed by atoms with Gasteiger partial charge in [-0.05, 0) is 24.1 Å². The van der Waals surface area contributed by atoms with Gasteiger partial charge in [0.2, 0.25) is 0 Å². The fourth-order valence-electron chi connectivity index (χ4n) is 0.993. The summed E-state index contributed by atoms with van der Waals surface area (Å²) < 4.78 is 0. The van der Waals surface area contributed by atoms with Gasteiger partial charge in [0.15, 0.2) is 10.9 Å². The molecule has 15 heavy (non-hydrogen) atoms. The van der Waals surface area contributed by atoms with Gasteiger partial charge in [0.1, 0.15) is 0 Å². The van der Waals surface area contributed by atoms with Crippen LogP contribution >= 0.6 is 23.7 Å². The first-order valence-electron chi connectivity index (χ1n) is 4.27. The molecular weight excluding hydrogens is 230 g/mol. The van der Waals surface area contributed by atoms with Crippen LogP contribution in [0.3, 0.4) is 0 Å². The van der Waals surface area contributed by atoms with Gasteiger partial charge in [-0.15, -0.1) is 0 Å². The zero-order valence-corrected chi connectivity index (χ0v) is 9.86. The van der Waals surface area contributed by atoms with E-state index >= 15 is 0 Å². The van der Waals surface area contributed by atoms with Gasteiger partial charge >= 0.3 is 0 Å². The minimum absolute atomic E-state index is 0.0484. The third kappa shape index (κ3) is 4.07. The van der Waals surface area contributed by atoms with Crippen molar-refractivity contribution in [3.8, 4) is 0 Å². The fraction of sp³-hybridized carbons (Fsp3) is 0.200.